The highest BCUT2D eigenvalue weighted by atomic mass is 35.5. The summed E-state index contributed by atoms with van der Waals surface area (Å²) in [5, 5.41) is 13.7. The maximum atomic E-state index is 13.6. The zero-order valence-electron chi connectivity index (χ0n) is 21.2. The molecule has 0 bridgehead atoms. The summed E-state index contributed by atoms with van der Waals surface area (Å²) >= 11 is 14.5. The van der Waals surface area contributed by atoms with Gasteiger partial charge in [-0.2, -0.15) is 0 Å². The van der Waals surface area contributed by atoms with Crippen molar-refractivity contribution >= 4 is 40.9 Å². The van der Waals surface area contributed by atoms with Crippen LogP contribution in [0.25, 0.3) is 5.69 Å². The number of benzene rings is 4. The van der Waals surface area contributed by atoms with Gasteiger partial charge in [-0.1, -0.05) is 120 Å². The summed E-state index contributed by atoms with van der Waals surface area (Å²) in [5.41, 5.74) is 4.90. The number of hydrogen-bond acceptors (Lipinski definition) is 4. The monoisotopic (exact) mass is 572 g/mol. The number of rotatable bonds is 9. The predicted molar refractivity (Wildman–Crippen MR) is 159 cm³/mol. The number of carbonyl (C=O) groups is 1. The Morgan fingerprint density at radius 2 is 1.51 bits per heavy atom. The van der Waals surface area contributed by atoms with E-state index in [9.17, 15) is 4.79 Å². The molecular formula is C31H26Cl2N4OS. The van der Waals surface area contributed by atoms with Gasteiger partial charge >= 0.3 is 0 Å². The van der Waals surface area contributed by atoms with Crippen LogP contribution in [-0.2, 0) is 17.1 Å². The van der Waals surface area contributed by atoms with E-state index in [1.54, 1.807) is 30.0 Å². The number of nitrogens with one attached hydrogen (secondary N) is 1. The van der Waals surface area contributed by atoms with Crippen LogP contribution in [0.4, 0.5) is 0 Å². The van der Waals surface area contributed by atoms with Gasteiger partial charge in [0.1, 0.15) is 0 Å². The van der Waals surface area contributed by atoms with Crippen LogP contribution in [0, 0.1) is 6.92 Å². The summed E-state index contributed by atoms with van der Waals surface area (Å²) in [7, 11) is 0. The fourth-order valence-corrected chi connectivity index (χ4v) is 5.78. The number of thioether (sulfide) groups is 1. The Labute approximate surface area is 242 Å². The molecule has 39 heavy (non-hydrogen) atoms. The van der Waals surface area contributed by atoms with Gasteiger partial charge in [0.25, 0.3) is 0 Å². The van der Waals surface area contributed by atoms with E-state index in [0.29, 0.717) is 32.5 Å². The van der Waals surface area contributed by atoms with E-state index in [-0.39, 0.29) is 12.5 Å². The largest absolute Gasteiger partial charge is 0.348 e. The van der Waals surface area contributed by atoms with E-state index in [1.165, 1.54) is 11.1 Å². The second-order valence-corrected chi connectivity index (χ2v) is 10.8. The van der Waals surface area contributed by atoms with Crippen molar-refractivity contribution in [2.75, 3.05) is 0 Å². The Bertz CT molecular complexity index is 1540. The number of hydrogen-bond donors (Lipinski definition) is 1. The number of nitrogens with zero attached hydrogens (tertiary/aromatic N) is 3. The third-order valence-electron chi connectivity index (χ3n) is 6.42. The van der Waals surface area contributed by atoms with Gasteiger partial charge in [0.15, 0.2) is 11.0 Å². The highest BCUT2D eigenvalue weighted by Crippen LogP contribution is 2.32. The Hall–Kier alpha value is -3.58. The molecule has 0 aliphatic rings. The summed E-state index contributed by atoms with van der Waals surface area (Å²) < 4.78 is 1.87. The minimum Gasteiger partial charge on any atom is -0.348 e. The highest BCUT2D eigenvalue weighted by Gasteiger charge is 2.24. The molecule has 0 aliphatic carbocycles. The van der Waals surface area contributed by atoms with Crippen molar-refractivity contribution in [3.63, 3.8) is 0 Å². The molecule has 0 unspecified atom stereocenters. The van der Waals surface area contributed by atoms with Crippen molar-refractivity contribution in [2.24, 2.45) is 0 Å². The van der Waals surface area contributed by atoms with Crippen LogP contribution in [0.1, 0.15) is 34.0 Å². The lowest BCUT2D eigenvalue weighted by molar-refractivity contribution is -0.121. The summed E-state index contributed by atoms with van der Waals surface area (Å²) in [5.74, 6) is 0.667. The smallest absolute Gasteiger partial charge is 0.232 e. The van der Waals surface area contributed by atoms with E-state index in [0.717, 1.165) is 11.1 Å². The minimum atomic E-state index is -0.464. The quantitative estimate of drug-likeness (QED) is 0.184. The molecule has 0 fully saturated rings. The van der Waals surface area contributed by atoms with Gasteiger partial charge in [-0.15, -0.1) is 10.2 Å². The van der Waals surface area contributed by atoms with Gasteiger partial charge in [-0.05, 0) is 47.4 Å². The average Bonchev–Trinajstić information content (AvgIpc) is 3.36. The Kier molecular flexibility index (Phi) is 8.67. The van der Waals surface area contributed by atoms with Crippen molar-refractivity contribution in [1.29, 1.82) is 0 Å². The Morgan fingerprint density at radius 1 is 0.872 bits per heavy atom. The van der Waals surface area contributed by atoms with E-state index < -0.39 is 5.92 Å². The van der Waals surface area contributed by atoms with Crippen molar-refractivity contribution in [1.82, 2.24) is 20.1 Å². The SMILES string of the molecule is Cc1ccccc1CSc1nnc(CNC(=O)C(c2ccccc2)c2ccccc2)n1-c1cc(Cl)ccc1Cl. The second-order valence-electron chi connectivity index (χ2n) is 9.02. The molecule has 5 rings (SSSR count). The van der Waals surface area contributed by atoms with Gasteiger partial charge in [0, 0.05) is 10.8 Å². The molecule has 1 N–H and O–H groups in total. The molecule has 0 saturated carbocycles. The topological polar surface area (TPSA) is 59.8 Å². The number of aryl methyl sites for hydroxylation is 1. The molecule has 4 aromatic carbocycles. The van der Waals surface area contributed by atoms with Crippen LogP contribution in [0.15, 0.2) is 108 Å². The zero-order valence-corrected chi connectivity index (χ0v) is 23.5. The molecule has 0 spiro atoms. The molecule has 0 radical (unpaired) electrons. The van der Waals surface area contributed by atoms with Crippen molar-refractivity contribution in [2.45, 2.75) is 30.3 Å². The number of amides is 1. The summed E-state index contributed by atoms with van der Waals surface area (Å²) in [6.45, 7) is 2.25. The molecule has 1 heterocycles. The van der Waals surface area contributed by atoms with Gasteiger partial charge in [0.05, 0.1) is 23.2 Å². The van der Waals surface area contributed by atoms with E-state index >= 15 is 0 Å². The maximum absolute atomic E-state index is 13.6. The van der Waals surface area contributed by atoms with E-state index in [4.69, 9.17) is 23.2 Å². The summed E-state index contributed by atoms with van der Waals surface area (Å²) in [6, 6.07) is 33.0. The van der Waals surface area contributed by atoms with E-state index in [2.05, 4.69) is 34.6 Å². The number of halogens is 2. The van der Waals surface area contributed by atoms with Gasteiger partial charge < -0.3 is 5.32 Å². The summed E-state index contributed by atoms with van der Waals surface area (Å²) in [6.07, 6.45) is 0. The fraction of sp³-hybridized carbons (Fsp3) is 0.129. The first-order valence-electron chi connectivity index (χ1n) is 12.5. The van der Waals surface area contributed by atoms with Crippen LogP contribution in [0.5, 0.6) is 0 Å². The van der Waals surface area contributed by atoms with Crippen molar-refractivity contribution in [3.8, 4) is 5.69 Å². The first kappa shape index (κ1) is 27.0. The zero-order chi connectivity index (χ0) is 27.2. The molecule has 5 aromatic rings. The first-order valence-corrected chi connectivity index (χ1v) is 14.2. The Balaban J connectivity index is 1.45. The molecule has 0 aliphatic heterocycles. The lowest BCUT2D eigenvalue weighted by atomic mass is 9.90. The maximum Gasteiger partial charge on any atom is 0.232 e. The molecule has 196 valence electrons. The predicted octanol–water partition coefficient (Wildman–Crippen LogP) is 7.62. The number of carbonyl (C=O) groups excluding carboxylic acids is 1. The molecule has 1 aromatic heterocycles. The van der Waals surface area contributed by atoms with Crippen molar-refractivity contribution in [3.05, 3.63) is 141 Å². The lowest BCUT2D eigenvalue weighted by Crippen LogP contribution is -2.30. The van der Waals surface area contributed by atoms with Crippen molar-refractivity contribution < 1.29 is 4.79 Å². The van der Waals surface area contributed by atoms with Crippen LogP contribution in [0.3, 0.4) is 0 Å². The molecule has 0 atom stereocenters. The minimum absolute atomic E-state index is 0.131. The lowest BCUT2D eigenvalue weighted by Gasteiger charge is -2.18. The summed E-state index contributed by atoms with van der Waals surface area (Å²) in [4.78, 5) is 13.6. The first-order chi connectivity index (χ1) is 19.0. The third kappa shape index (κ3) is 6.36. The van der Waals surface area contributed by atoms with Crippen LogP contribution < -0.4 is 5.32 Å². The standard InChI is InChI=1S/C31H26Cl2N4OS/c1-21-10-8-9-15-24(21)20-39-31-36-35-28(37(31)27-18-25(32)16-17-26(27)33)19-34-30(38)29(22-11-4-2-5-12-22)23-13-6-3-7-14-23/h2-18,29H,19-20H2,1H3,(H,34,38). The van der Waals surface area contributed by atoms with E-state index in [1.807, 2.05) is 77.4 Å². The average molecular weight is 574 g/mol. The number of aromatic nitrogens is 3. The highest BCUT2D eigenvalue weighted by molar-refractivity contribution is 7.98. The molecule has 8 heteroatoms. The van der Waals surface area contributed by atoms with Crippen LogP contribution in [0.2, 0.25) is 10.0 Å². The van der Waals surface area contributed by atoms with Crippen LogP contribution >= 0.6 is 35.0 Å². The molecule has 1 amide bonds. The Morgan fingerprint density at radius 3 is 2.18 bits per heavy atom. The second kappa shape index (κ2) is 12.5. The molecular weight excluding hydrogens is 547 g/mol. The fourth-order valence-electron chi connectivity index (χ4n) is 4.38. The van der Waals surface area contributed by atoms with Crippen LogP contribution in [-0.4, -0.2) is 20.7 Å². The van der Waals surface area contributed by atoms with Gasteiger partial charge in [0.2, 0.25) is 5.91 Å². The normalized spacial score (nSPS) is 11.1. The van der Waals surface area contributed by atoms with Gasteiger partial charge in [-0.3, -0.25) is 9.36 Å². The molecule has 5 nitrogen and oxygen atoms in total. The van der Waals surface area contributed by atoms with Gasteiger partial charge in [-0.25, -0.2) is 0 Å². The third-order valence-corrected chi connectivity index (χ3v) is 7.95. The molecule has 0 saturated heterocycles.